The van der Waals surface area contributed by atoms with Crippen LogP contribution in [0.15, 0.2) is 76.8 Å². The molecule has 0 unspecified atom stereocenters. The van der Waals surface area contributed by atoms with Gasteiger partial charge < -0.3 is 19.8 Å². The van der Waals surface area contributed by atoms with Gasteiger partial charge in [0.1, 0.15) is 17.2 Å². The molecule has 4 rings (SSSR count). The fourth-order valence-corrected chi connectivity index (χ4v) is 3.87. The molecule has 192 valence electrons. The maximum atomic E-state index is 13.0. The van der Waals surface area contributed by atoms with Gasteiger partial charge in [0.2, 0.25) is 0 Å². The quantitative estimate of drug-likeness (QED) is 0.187. The van der Waals surface area contributed by atoms with E-state index in [2.05, 4.69) is 15.5 Å². The third-order valence-corrected chi connectivity index (χ3v) is 5.82. The molecule has 3 aromatic rings. The Bertz CT molecular complexity index is 1260. The molecule has 0 atom stereocenters. The molecular weight excluding hydrogens is 476 g/mol. The second kappa shape index (κ2) is 12.6. The number of hydrogen-bond donors (Lipinski definition) is 2. The Hall–Kier alpha value is -4.28. The highest BCUT2D eigenvalue weighted by Gasteiger charge is 2.17. The molecule has 10 nitrogen and oxygen atoms in total. The molecule has 0 aliphatic carbocycles. The lowest BCUT2D eigenvalue weighted by Crippen LogP contribution is -2.39. The number of carbonyl (C=O) groups is 2. The maximum absolute atomic E-state index is 13.0. The molecule has 1 aromatic heterocycles. The van der Waals surface area contributed by atoms with Crippen LogP contribution < -0.4 is 10.6 Å². The number of ether oxygens (including phenoxy) is 1. The van der Waals surface area contributed by atoms with Gasteiger partial charge in [-0.15, -0.1) is 0 Å². The Morgan fingerprint density at radius 2 is 1.81 bits per heavy atom. The van der Waals surface area contributed by atoms with E-state index in [-0.39, 0.29) is 11.4 Å². The molecule has 0 bridgehead atoms. The third kappa shape index (κ3) is 7.35. The number of hydrogen-bond acceptors (Lipinski definition) is 7. The summed E-state index contributed by atoms with van der Waals surface area (Å²) in [7, 11) is 0. The number of morpholine rings is 1. The lowest BCUT2D eigenvalue weighted by molar-refractivity contribution is -0.384. The van der Waals surface area contributed by atoms with E-state index < -0.39 is 16.7 Å². The summed E-state index contributed by atoms with van der Waals surface area (Å²) in [6.45, 7) is 4.45. The first-order chi connectivity index (χ1) is 18.0. The molecular formula is C27H28N4O6. The molecule has 1 aliphatic heterocycles. The van der Waals surface area contributed by atoms with Gasteiger partial charge in [-0.05, 0) is 37.2 Å². The van der Waals surface area contributed by atoms with Crippen molar-refractivity contribution in [1.82, 2.24) is 15.5 Å². The van der Waals surface area contributed by atoms with Crippen molar-refractivity contribution in [2.24, 2.45) is 0 Å². The molecule has 2 heterocycles. The van der Waals surface area contributed by atoms with Gasteiger partial charge >= 0.3 is 0 Å². The topological polar surface area (TPSA) is 127 Å². The highest BCUT2D eigenvalue weighted by molar-refractivity contribution is 6.05. The van der Waals surface area contributed by atoms with Crippen LogP contribution in [0.4, 0.5) is 5.69 Å². The second-order valence-electron chi connectivity index (χ2n) is 8.45. The average molecular weight is 505 g/mol. The summed E-state index contributed by atoms with van der Waals surface area (Å²) < 4.78 is 11.2. The van der Waals surface area contributed by atoms with Gasteiger partial charge in [-0.1, -0.05) is 30.3 Å². The molecule has 2 amide bonds. The summed E-state index contributed by atoms with van der Waals surface area (Å²) in [5.41, 5.74) is 0.903. The van der Waals surface area contributed by atoms with Gasteiger partial charge in [0.15, 0.2) is 0 Å². The van der Waals surface area contributed by atoms with Crippen molar-refractivity contribution in [2.45, 2.75) is 6.42 Å². The van der Waals surface area contributed by atoms with Crippen LogP contribution in [-0.2, 0) is 9.53 Å². The van der Waals surface area contributed by atoms with Crippen LogP contribution >= 0.6 is 0 Å². The zero-order valence-corrected chi connectivity index (χ0v) is 20.2. The third-order valence-electron chi connectivity index (χ3n) is 5.82. The molecule has 0 radical (unpaired) electrons. The normalized spacial score (nSPS) is 14.2. The maximum Gasteiger partial charge on any atom is 0.270 e. The van der Waals surface area contributed by atoms with Crippen molar-refractivity contribution in [3.05, 3.63) is 93.9 Å². The van der Waals surface area contributed by atoms with Crippen molar-refractivity contribution in [3.8, 4) is 11.3 Å². The molecule has 0 spiro atoms. The van der Waals surface area contributed by atoms with Crippen molar-refractivity contribution in [2.75, 3.05) is 39.4 Å². The number of furan rings is 1. The predicted molar refractivity (Wildman–Crippen MR) is 138 cm³/mol. The minimum atomic E-state index is -0.478. The van der Waals surface area contributed by atoms with Crippen LogP contribution in [0.2, 0.25) is 0 Å². The first-order valence-electron chi connectivity index (χ1n) is 12.0. The zero-order valence-electron chi connectivity index (χ0n) is 20.2. The number of nitro groups is 1. The largest absolute Gasteiger partial charge is 0.457 e. The van der Waals surface area contributed by atoms with E-state index in [1.54, 1.807) is 54.6 Å². The monoisotopic (exact) mass is 504 g/mol. The number of nitro benzene ring substituents is 1. The number of nitrogens with one attached hydrogen (secondary N) is 2. The van der Waals surface area contributed by atoms with Crippen molar-refractivity contribution >= 4 is 23.6 Å². The Kier molecular flexibility index (Phi) is 8.79. The van der Waals surface area contributed by atoms with Crippen molar-refractivity contribution < 1.29 is 23.7 Å². The van der Waals surface area contributed by atoms with Crippen LogP contribution in [0.25, 0.3) is 17.4 Å². The van der Waals surface area contributed by atoms with Gasteiger partial charge in [-0.3, -0.25) is 24.6 Å². The number of nitrogens with zero attached hydrogens (tertiary/aromatic N) is 2. The SMILES string of the molecule is O=C(NCCCN1CCOCC1)/C(=C/c1ccc(-c2cccc([N+](=O)[O-])c2)o1)NC(=O)c1ccccc1. The van der Waals surface area contributed by atoms with Gasteiger partial charge in [0.25, 0.3) is 17.5 Å². The minimum absolute atomic E-state index is 0.0279. The highest BCUT2D eigenvalue weighted by atomic mass is 16.6. The summed E-state index contributed by atoms with van der Waals surface area (Å²) in [5, 5.41) is 16.6. The van der Waals surface area contributed by atoms with E-state index in [0.717, 1.165) is 26.1 Å². The molecule has 1 aliphatic rings. The van der Waals surface area contributed by atoms with Crippen LogP contribution in [0.3, 0.4) is 0 Å². The number of amides is 2. The highest BCUT2D eigenvalue weighted by Crippen LogP contribution is 2.26. The zero-order chi connectivity index (χ0) is 26.0. The number of carbonyl (C=O) groups excluding carboxylic acids is 2. The summed E-state index contributed by atoms with van der Waals surface area (Å²) in [4.78, 5) is 38.7. The minimum Gasteiger partial charge on any atom is -0.457 e. The van der Waals surface area contributed by atoms with E-state index in [1.807, 2.05) is 0 Å². The lowest BCUT2D eigenvalue weighted by Gasteiger charge is -2.26. The van der Waals surface area contributed by atoms with E-state index in [4.69, 9.17) is 9.15 Å². The number of non-ortho nitro benzene ring substituents is 1. The molecule has 1 fully saturated rings. The molecule has 2 N–H and O–H groups in total. The molecule has 2 aromatic carbocycles. The first-order valence-corrected chi connectivity index (χ1v) is 12.0. The Morgan fingerprint density at radius 1 is 1.03 bits per heavy atom. The van der Waals surface area contributed by atoms with Crippen LogP contribution in [0, 0.1) is 10.1 Å². The fourth-order valence-electron chi connectivity index (χ4n) is 3.87. The Labute approximate surface area is 214 Å². The summed E-state index contributed by atoms with van der Waals surface area (Å²) in [6, 6.07) is 17.9. The van der Waals surface area contributed by atoms with E-state index in [9.17, 15) is 19.7 Å². The standard InChI is InChI=1S/C27H28N4O6/c32-26(20-6-2-1-3-7-20)29-24(27(33)28-12-5-13-30-14-16-36-17-15-30)19-23-10-11-25(37-23)21-8-4-9-22(18-21)31(34)35/h1-4,6-11,18-19H,5,12-17H2,(H,28,33)(H,29,32)/b24-19-. The van der Waals surface area contributed by atoms with Crippen molar-refractivity contribution in [3.63, 3.8) is 0 Å². The van der Waals surface area contributed by atoms with Crippen molar-refractivity contribution in [1.29, 1.82) is 0 Å². The van der Waals surface area contributed by atoms with Gasteiger partial charge in [0, 0.05) is 49.0 Å². The fraction of sp³-hybridized carbons (Fsp3) is 0.259. The molecule has 0 saturated carbocycles. The predicted octanol–water partition coefficient (Wildman–Crippen LogP) is 3.46. The lowest BCUT2D eigenvalue weighted by atomic mass is 10.1. The Balaban J connectivity index is 1.48. The summed E-state index contributed by atoms with van der Waals surface area (Å²) >= 11 is 0. The average Bonchev–Trinajstić information content (AvgIpc) is 3.40. The first kappa shape index (κ1) is 25.8. The molecule has 1 saturated heterocycles. The smallest absolute Gasteiger partial charge is 0.270 e. The summed E-state index contributed by atoms with van der Waals surface area (Å²) in [5.74, 6) is -0.164. The van der Waals surface area contributed by atoms with Crippen LogP contribution in [0.5, 0.6) is 0 Å². The van der Waals surface area contributed by atoms with Crippen LogP contribution in [-0.4, -0.2) is 61.0 Å². The van der Waals surface area contributed by atoms with E-state index in [1.165, 1.54) is 18.2 Å². The molecule has 10 heteroatoms. The Morgan fingerprint density at radius 3 is 2.57 bits per heavy atom. The number of rotatable bonds is 10. The van der Waals surface area contributed by atoms with E-state index in [0.29, 0.717) is 42.4 Å². The summed E-state index contributed by atoms with van der Waals surface area (Å²) in [6.07, 6.45) is 2.20. The second-order valence-corrected chi connectivity index (χ2v) is 8.45. The van der Waals surface area contributed by atoms with Crippen LogP contribution in [0.1, 0.15) is 22.5 Å². The molecule has 37 heavy (non-hydrogen) atoms. The van der Waals surface area contributed by atoms with Gasteiger partial charge in [0.05, 0.1) is 18.1 Å². The van der Waals surface area contributed by atoms with Gasteiger partial charge in [-0.2, -0.15) is 0 Å². The van der Waals surface area contributed by atoms with Gasteiger partial charge in [-0.25, -0.2) is 0 Å². The number of benzene rings is 2. The van der Waals surface area contributed by atoms with E-state index >= 15 is 0 Å².